The monoisotopic (exact) mass is 346 g/mol. The molecule has 0 aliphatic carbocycles. The molecule has 24 heavy (non-hydrogen) atoms. The van der Waals surface area contributed by atoms with Crippen LogP contribution in [0.2, 0.25) is 0 Å². The summed E-state index contributed by atoms with van der Waals surface area (Å²) in [5.74, 6) is -0.283. The van der Waals surface area contributed by atoms with Gasteiger partial charge in [0.2, 0.25) is 4.96 Å². The zero-order valence-electron chi connectivity index (χ0n) is 13.1. The zero-order valence-corrected chi connectivity index (χ0v) is 13.9. The number of hydrogen-bond acceptors (Lipinski definition) is 8. The Kier molecular flexibility index (Phi) is 4.52. The van der Waals surface area contributed by atoms with Gasteiger partial charge in [0, 0.05) is 5.56 Å². The summed E-state index contributed by atoms with van der Waals surface area (Å²) in [5.41, 5.74) is 1.69. The second-order valence-corrected chi connectivity index (χ2v) is 5.88. The number of ether oxygens (including phenoxy) is 2. The van der Waals surface area contributed by atoms with Gasteiger partial charge < -0.3 is 9.47 Å². The highest BCUT2D eigenvalue weighted by molar-refractivity contribution is 7.19. The fourth-order valence-corrected chi connectivity index (χ4v) is 2.99. The van der Waals surface area contributed by atoms with Crippen molar-refractivity contribution in [2.24, 2.45) is 0 Å². The smallest absolute Gasteiger partial charge is 0.313 e. The topological polar surface area (TPSA) is 95.7 Å². The maximum Gasteiger partial charge on any atom is 0.313 e. The van der Waals surface area contributed by atoms with Gasteiger partial charge in [-0.1, -0.05) is 29.5 Å². The minimum atomic E-state index is -0.404. The molecule has 0 atom stereocenters. The number of carbonyl (C=O) groups excluding carboxylic acids is 2. The third kappa shape index (κ3) is 3.25. The number of esters is 2. The second kappa shape index (κ2) is 6.75. The van der Waals surface area contributed by atoms with E-state index in [2.05, 4.69) is 24.8 Å². The normalized spacial score (nSPS) is 10.8. The Morgan fingerprint density at radius 3 is 2.62 bits per heavy atom. The van der Waals surface area contributed by atoms with Crippen molar-refractivity contribution in [3.63, 3.8) is 0 Å². The molecule has 9 heteroatoms. The van der Waals surface area contributed by atoms with Crippen molar-refractivity contribution in [1.29, 1.82) is 0 Å². The first kappa shape index (κ1) is 16.1. The number of carbonyl (C=O) groups is 2. The van der Waals surface area contributed by atoms with Crippen molar-refractivity contribution in [2.75, 3.05) is 14.2 Å². The van der Waals surface area contributed by atoms with Crippen LogP contribution in [-0.2, 0) is 31.9 Å². The maximum atomic E-state index is 11.4. The number of hydrogen-bond donors (Lipinski definition) is 0. The molecule has 0 unspecified atom stereocenters. The molecule has 0 radical (unpaired) electrons. The van der Waals surface area contributed by atoms with Crippen molar-refractivity contribution < 1.29 is 19.1 Å². The first-order valence-electron chi connectivity index (χ1n) is 7.04. The summed E-state index contributed by atoms with van der Waals surface area (Å²) in [6, 6.07) is 7.48. The highest BCUT2D eigenvalue weighted by atomic mass is 32.1. The van der Waals surface area contributed by atoms with Crippen LogP contribution in [0.25, 0.3) is 15.5 Å². The Morgan fingerprint density at radius 2 is 1.88 bits per heavy atom. The molecular formula is C15H14N4O4S. The molecule has 0 saturated carbocycles. The van der Waals surface area contributed by atoms with Crippen LogP contribution in [-0.4, -0.2) is 46.0 Å². The summed E-state index contributed by atoms with van der Waals surface area (Å²) in [4.78, 5) is 23.4. The van der Waals surface area contributed by atoms with Crippen LogP contribution in [0, 0.1) is 0 Å². The summed E-state index contributed by atoms with van der Waals surface area (Å²) in [7, 11) is 2.68. The minimum absolute atomic E-state index is 0.00319. The minimum Gasteiger partial charge on any atom is -0.469 e. The second-order valence-electron chi connectivity index (χ2n) is 4.92. The van der Waals surface area contributed by atoms with Crippen molar-refractivity contribution >= 4 is 28.2 Å². The number of aromatic nitrogens is 4. The molecule has 8 nitrogen and oxygen atoms in total. The number of nitrogens with zero attached hydrogens (tertiary/aromatic N) is 4. The molecule has 0 saturated heterocycles. The summed E-state index contributed by atoms with van der Waals surface area (Å²) < 4.78 is 10.9. The Bertz CT molecular complexity index is 902. The average Bonchev–Trinajstić information content (AvgIpc) is 3.17. The number of fused-ring (bicyclic) bond motifs is 1. The first-order chi connectivity index (χ1) is 11.6. The summed E-state index contributed by atoms with van der Waals surface area (Å²) in [6.07, 6.45) is 0.200. The third-order valence-electron chi connectivity index (χ3n) is 3.34. The van der Waals surface area contributed by atoms with Gasteiger partial charge in [-0.25, -0.2) is 0 Å². The largest absolute Gasteiger partial charge is 0.469 e. The van der Waals surface area contributed by atoms with Crippen molar-refractivity contribution in [1.82, 2.24) is 19.8 Å². The Balaban J connectivity index is 1.91. The van der Waals surface area contributed by atoms with Crippen molar-refractivity contribution in [3.05, 3.63) is 35.7 Å². The Hall–Kier alpha value is -2.81. The van der Waals surface area contributed by atoms with E-state index in [1.807, 2.05) is 24.3 Å². The van der Waals surface area contributed by atoms with Gasteiger partial charge in [0.25, 0.3) is 0 Å². The van der Waals surface area contributed by atoms with Crippen LogP contribution in [0.1, 0.15) is 11.4 Å². The van der Waals surface area contributed by atoms with E-state index in [9.17, 15) is 9.59 Å². The summed E-state index contributed by atoms with van der Waals surface area (Å²) in [5, 5.41) is 13.1. The van der Waals surface area contributed by atoms with Gasteiger partial charge in [0.15, 0.2) is 5.82 Å². The van der Waals surface area contributed by atoms with Gasteiger partial charge >= 0.3 is 11.9 Å². The van der Waals surface area contributed by atoms with Crippen LogP contribution >= 0.6 is 11.3 Å². The number of methoxy groups -OCH3 is 2. The van der Waals surface area contributed by atoms with Gasteiger partial charge in [-0.15, -0.1) is 10.2 Å². The lowest BCUT2D eigenvalue weighted by molar-refractivity contribution is -0.140. The molecule has 3 rings (SSSR count). The Morgan fingerprint density at radius 1 is 1.12 bits per heavy atom. The quantitative estimate of drug-likeness (QED) is 0.642. The van der Waals surface area contributed by atoms with E-state index in [1.165, 1.54) is 30.1 Å². The molecular weight excluding hydrogens is 332 g/mol. The fraction of sp³-hybridized carbons (Fsp3) is 0.267. The van der Waals surface area contributed by atoms with Crippen molar-refractivity contribution in [2.45, 2.75) is 12.8 Å². The molecule has 2 aromatic heterocycles. The molecule has 0 N–H and O–H groups in total. The van der Waals surface area contributed by atoms with Crippen LogP contribution in [0.15, 0.2) is 24.3 Å². The predicted octanol–water partition coefficient (Wildman–Crippen LogP) is 1.28. The Labute approximate surface area is 141 Å². The highest BCUT2D eigenvalue weighted by Crippen LogP contribution is 2.26. The standard InChI is InChI=1S/C15H14N4O4S/c1-22-12(20)7-9-4-3-5-10(6-9)14-18-19-11(8-13(21)23-2)16-17-15(19)24-14/h3-6H,7-8H2,1-2H3. The fourth-order valence-electron chi connectivity index (χ4n) is 2.14. The molecule has 2 heterocycles. The molecule has 0 amide bonds. The summed E-state index contributed by atoms with van der Waals surface area (Å²) in [6.45, 7) is 0. The number of rotatable bonds is 5. The average molecular weight is 346 g/mol. The van der Waals surface area contributed by atoms with Crippen LogP contribution in [0.5, 0.6) is 0 Å². The molecule has 124 valence electrons. The van der Waals surface area contributed by atoms with E-state index in [0.29, 0.717) is 10.8 Å². The lowest BCUT2D eigenvalue weighted by atomic mass is 10.1. The van der Waals surface area contributed by atoms with Gasteiger partial charge in [0.1, 0.15) is 11.4 Å². The number of benzene rings is 1. The lowest BCUT2D eigenvalue weighted by Gasteiger charge is -2.02. The molecule has 0 bridgehead atoms. The third-order valence-corrected chi connectivity index (χ3v) is 4.28. The summed E-state index contributed by atoms with van der Waals surface area (Å²) >= 11 is 1.35. The van der Waals surface area contributed by atoms with E-state index in [-0.39, 0.29) is 18.8 Å². The van der Waals surface area contributed by atoms with Crippen LogP contribution in [0.3, 0.4) is 0 Å². The van der Waals surface area contributed by atoms with Crippen LogP contribution in [0.4, 0.5) is 0 Å². The van der Waals surface area contributed by atoms with Crippen molar-refractivity contribution in [3.8, 4) is 10.6 Å². The molecule has 0 fully saturated rings. The zero-order chi connectivity index (χ0) is 17.1. The van der Waals surface area contributed by atoms with Crippen LogP contribution < -0.4 is 0 Å². The highest BCUT2D eigenvalue weighted by Gasteiger charge is 2.16. The van der Waals surface area contributed by atoms with Gasteiger partial charge in [-0.3, -0.25) is 9.59 Å². The van der Waals surface area contributed by atoms with E-state index < -0.39 is 5.97 Å². The molecule has 0 spiro atoms. The lowest BCUT2D eigenvalue weighted by Crippen LogP contribution is -2.08. The molecule has 3 aromatic rings. The van der Waals surface area contributed by atoms with E-state index in [4.69, 9.17) is 0 Å². The van der Waals surface area contributed by atoms with E-state index >= 15 is 0 Å². The SMILES string of the molecule is COC(=O)Cc1cccc(-c2nn3c(CC(=O)OC)nnc3s2)c1. The van der Waals surface area contributed by atoms with Gasteiger partial charge in [-0.05, 0) is 11.6 Å². The van der Waals surface area contributed by atoms with Gasteiger partial charge in [0.05, 0.1) is 20.6 Å². The molecule has 0 aliphatic heterocycles. The molecule has 1 aromatic carbocycles. The predicted molar refractivity (Wildman–Crippen MR) is 85.5 cm³/mol. The van der Waals surface area contributed by atoms with E-state index in [1.54, 1.807) is 0 Å². The maximum absolute atomic E-state index is 11.4. The van der Waals surface area contributed by atoms with Gasteiger partial charge in [-0.2, -0.15) is 9.61 Å². The van der Waals surface area contributed by atoms with E-state index in [0.717, 1.165) is 16.1 Å². The first-order valence-corrected chi connectivity index (χ1v) is 7.86. The molecule has 0 aliphatic rings.